The summed E-state index contributed by atoms with van der Waals surface area (Å²) in [5.41, 5.74) is 0.0705. The van der Waals surface area contributed by atoms with Crippen LogP contribution >= 0.6 is 15.9 Å². The highest BCUT2D eigenvalue weighted by molar-refractivity contribution is 9.10. The van der Waals surface area contributed by atoms with Crippen molar-refractivity contribution in [2.75, 3.05) is 6.54 Å². The third-order valence-corrected chi connectivity index (χ3v) is 6.12. The molecule has 0 unspecified atom stereocenters. The van der Waals surface area contributed by atoms with Crippen LogP contribution in [0.3, 0.4) is 0 Å². The van der Waals surface area contributed by atoms with E-state index in [4.69, 9.17) is 5.14 Å². The number of aromatic nitrogens is 4. The van der Waals surface area contributed by atoms with Gasteiger partial charge in [-0.2, -0.15) is 0 Å². The number of nitrogens with zero attached hydrogens (tertiary/aromatic N) is 4. The van der Waals surface area contributed by atoms with Gasteiger partial charge in [-0.3, -0.25) is 23.3 Å². The Kier molecular flexibility index (Phi) is 5.97. The Labute approximate surface area is 179 Å². The highest BCUT2D eigenvalue weighted by Crippen LogP contribution is 2.16. The number of benzene rings is 1. The van der Waals surface area contributed by atoms with Crippen LogP contribution in [0.1, 0.15) is 5.56 Å². The first-order chi connectivity index (χ1) is 14.0. The second-order valence-corrected chi connectivity index (χ2v) is 8.90. The van der Waals surface area contributed by atoms with Crippen molar-refractivity contribution in [2.24, 2.45) is 19.2 Å². The van der Waals surface area contributed by atoms with E-state index in [1.807, 2.05) is 0 Å². The van der Waals surface area contributed by atoms with E-state index in [1.165, 1.54) is 35.4 Å². The summed E-state index contributed by atoms with van der Waals surface area (Å²) in [6.45, 7) is 0.153. The number of imidazole rings is 1. The number of fused-ring (bicyclic) bond motifs is 1. The fraction of sp³-hybridized carbons (Fsp3) is 0.294. The fourth-order valence-corrected chi connectivity index (χ4v) is 3.98. The number of hydrogen-bond acceptors (Lipinski definition) is 6. The average Bonchev–Trinajstić information content (AvgIpc) is 3.01. The van der Waals surface area contributed by atoms with Crippen LogP contribution in [-0.2, 0) is 41.9 Å². The minimum atomic E-state index is -3.75. The molecule has 11 nitrogen and oxygen atoms in total. The molecule has 1 aromatic carbocycles. The normalized spacial score (nSPS) is 11.7. The van der Waals surface area contributed by atoms with E-state index < -0.39 is 21.3 Å². The van der Waals surface area contributed by atoms with Crippen molar-refractivity contribution >= 4 is 43.0 Å². The number of aryl methyl sites for hydroxylation is 1. The van der Waals surface area contributed by atoms with Gasteiger partial charge in [0.25, 0.3) is 5.56 Å². The summed E-state index contributed by atoms with van der Waals surface area (Å²) >= 11 is 3.23. The van der Waals surface area contributed by atoms with Gasteiger partial charge in [-0.15, -0.1) is 0 Å². The first-order valence-electron chi connectivity index (χ1n) is 8.71. The van der Waals surface area contributed by atoms with Gasteiger partial charge in [0.2, 0.25) is 15.9 Å². The molecule has 0 saturated heterocycles. The van der Waals surface area contributed by atoms with E-state index in [1.54, 1.807) is 12.1 Å². The molecule has 0 aliphatic rings. The minimum absolute atomic E-state index is 0.0175. The molecule has 3 rings (SSSR count). The van der Waals surface area contributed by atoms with Crippen molar-refractivity contribution in [3.63, 3.8) is 0 Å². The largest absolute Gasteiger partial charge is 0.354 e. The molecule has 0 aliphatic heterocycles. The zero-order valence-electron chi connectivity index (χ0n) is 16.1. The Hall–Kier alpha value is -2.77. The van der Waals surface area contributed by atoms with Gasteiger partial charge in [0.1, 0.15) is 6.54 Å². The molecule has 2 heterocycles. The zero-order chi connectivity index (χ0) is 22.2. The number of nitrogens with two attached hydrogens (primary N) is 1. The predicted molar refractivity (Wildman–Crippen MR) is 112 cm³/mol. The lowest BCUT2D eigenvalue weighted by molar-refractivity contribution is -0.121. The standard InChI is InChI=1S/C17H19BrN6O5S/c1-22-14-13(15(26)23(2)17(22)27)21-16(18)24(14)9-12(25)20-8-7-10-3-5-11(6-4-10)30(19,28)29/h3-6H,7-9H2,1-2H3,(H,20,25)(H2,19,28,29). The Morgan fingerprint density at radius 1 is 1.17 bits per heavy atom. The molecule has 2 aromatic heterocycles. The number of hydrogen-bond donors (Lipinski definition) is 2. The lowest BCUT2D eigenvalue weighted by atomic mass is 10.1. The summed E-state index contributed by atoms with van der Waals surface area (Å²) in [7, 11) is -0.890. The summed E-state index contributed by atoms with van der Waals surface area (Å²) in [5.74, 6) is -0.343. The Morgan fingerprint density at radius 2 is 1.80 bits per heavy atom. The van der Waals surface area contributed by atoms with Crippen LogP contribution in [0.15, 0.2) is 43.5 Å². The quantitative estimate of drug-likeness (QED) is 0.424. The molecule has 1 amide bonds. The van der Waals surface area contributed by atoms with Gasteiger partial charge < -0.3 is 5.32 Å². The van der Waals surface area contributed by atoms with E-state index in [2.05, 4.69) is 26.2 Å². The third-order valence-electron chi connectivity index (χ3n) is 4.58. The van der Waals surface area contributed by atoms with Gasteiger partial charge in [-0.1, -0.05) is 12.1 Å². The first kappa shape index (κ1) is 21.9. The highest BCUT2D eigenvalue weighted by atomic mass is 79.9. The number of amides is 1. The first-order valence-corrected chi connectivity index (χ1v) is 11.0. The third kappa shape index (κ3) is 4.22. The van der Waals surface area contributed by atoms with Gasteiger partial charge in [0, 0.05) is 20.6 Å². The second-order valence-electron chi connectivity index (χ2n) is 6.63. The van der Waals surface area contributed by atoms with Gasteiger partial charge >= 0.3 is 5.69 Å². The molecule has 30 heavy (non-hydrogen) atoms. The Morgan fingerprint density at radius 3 is 2.40 bits per heavy atom. The molecule has 160 valence electrons. The van der Waals surface area contributed by atoms with Crippen LogP contribution in [0.25, 0.3) is 11.2 Å². The topological polar surface area (TPSA) is 151 Å². The Balaban J connectivity index is 1.71. The van der Waals surface area contributed by atoms with Crippen LogP contribution in [0, 0.1) is 0 Å². The number of rotatable bonds is 6. The SMILES string of the molecule is Cn1c(=O)c2nc(Br)n(CC(=O)NCCc3ccc(S(N)(=O)=O)cc3)c2n(C)c1=O. The van der Waals surface area contributed by atoms with Crippen LogP contribution in [0.5, 0.6) is 0 Å². The van der Waals surface area contributed by atoms with Crippen molar-refractivity contribution in [3.05, 3.63) is 55.4 Å². The molecule has 0 saturated carbocycles. The molecule has 0 bridgehead atoms. The number of primary sulfonamides is 1. The van der Waals surface area contributed by atoms with E-state index >= 15 is 0 Å². The minimum Gasteiger partial charge on any atom is -0.354 e. The zero-order valence-corrected chi connectivity index (χ0v) is 18.5. The molecule has 0 radical (unpaired) electrons. The van der Waals surface area contributed by atoms with E-state index in [0.29, 0.717) is 13.0 Å². The lowest BCUT2D eigenvalue weighted by Crippen LogP contribution is -2.38. The fourth-order valence-electron chi connectivity index (χ4n) is 2.99. The molecule has 0 spiro atoms. The van der Waals surface area contributed by atoms with Crippen molar-refractivity contribution in [3.8, 4) is 0 Å². The number of nitrogens with one attached hydrogen (secondary N) is 1. The summed E-state index contributed by atoms with van der Waals surface area (Å²) < 4.78 is 26.4. The van der Waals surface area contributed by atoms with Gasteiger partial charge in [0.15, 0.2) is 15.9 Å². The molecule has 3 aromatic rings. The maximum absolute atomic E-state index is 12.4. The van der Waals surface area contributed by atoms with E-state index in [0.717, 1.165) is 10.1 Å². The van der Waals surface area contributed by atoms with Crippen molar-refractivity contribution in [1.82, 2.24) is 24.0 Å². The van der Waals surface area contributed by atoms with Crippen LogP contribution in [0.2, 0.25) is 0 Å². The summed E-state index contributed by atoms with van der Waals surface area (Å²) in [6, 6.07) is 6.05. The molecule has 0 fully saturated rings. The van der Waals surface area contributed by atoms with Crippen LogP contribution < -0.4 is 21.7 Å². The molecule has 13 heteroatoms. The van der Waals surface area contributed by atoms with Gasteiger partial charge in [0.05, 0.1) is 4.90 Å². The number of sulfonamides is 1. The summed E-state index contributed by atoms with van der Waals surface area (Å²) in [4.78, 5) is 41.0. The van der Waals surface area contributed by atoms with Gasteiger partial charge in [-0.05, 0) is 40.0 Å². The van der Waals surface area contributed by atoms with Crippen LogP contribution in [-0.4, -0.2) is 39.6 Å². The number of carbonyl (C=O) groups is 1. The lowest BCUT2D eigenvalue weighted by Gasteiger charge is -2.10. The van der Waals surface area contributed by atoms with Crippen molar-refractivity contribution in [2.45, 2.75) is 17.9 Å². The highest BCUT2D eigenvalue weighted by Gasteiger charge is 2.19. The summed E-state index contributed by atoms with van der Waals surface area (Å²) in [6.07, 6.45) is 0.474. The monoisotopic (exact) mass is 498 g/mol. The maximum atomic E-state index is 12.4. The second kappa shape index (κ2) is 8.16. The number of halogens is 1. The van der Waals surface area contributed by atoms with Crippen molar-refractivity contribution in [1.29, 1.82) is 0 Å². The Bertz CT molecular complexity index is 1350. The molecule has 0 aliphatic carbocycles. The van der Waals surface area contributed by atoms with Crippen LogP contribution in [0.4, 0.5) is 0 Å². The smallest absolute Gasteiger partial charge is 0.332 e. The molecular formula is C17H19BrN6O5S. The average molecular weight is 499 g/mol. The summed E-state index contributed by atoms with van der Waals surface area (Å²) in [5, 5.41) is 7.81. The van der Waals surface area contributed by atoms with Crippen molar-refractivity contribution < 1.29 is 13.2 Å². The van der Waals surface area contributed by atoms with E-state index in [9.17, 15) is 22.8 Å². The van der Waals surface area contributed by atoms with E-state index in [-0.39, 0.29) is 33.2 Å². The van der Waals surface area contributed by atoms with Gasteiger partial charge in [-0.25, -0.2) is 23.3 Å². The number of carbonyl (C=O) groups excluding carboxylic acids is 1. The molecule has 3 N–H and O–H groups in total. The predicted octanol–water partition coefficient (Wildman–Crippen LogP) is -0.797. The maximum Gasteiger partial charge on any atom is 0.332 e. The molecular weight excluding hydrogens is 480 g/mol. The molecule has 0 atom stereocenters.